The van der Waals surface area contributed by atoms with E-state index in [9.17, 15) is 14.4 Å². The number of hydrogen-bond acceptors (Lipinski definition) is 5. The first kappa shape index (κ1) is 16.3. The van der Waals surface area contributed by atoms with Gasteiger partial charge in [0.2, 0.25) is 0 Å². The van der Waals surface area contributed by atoms with Gasteiger partial charge in [0.15, 0.2) is 11.5 Å². The van der Waals surface area contributed by atoms with Gasteiger partial charge in [-0.25, -0.2) is 9.59 Å². The van der Waals surface area contributed by atoms with Gasteiger partial charge >= 0.3 is 12.0 Å². The van der Waals surface area contributed by atoms with Gasteiger partial charge < -0.3 is 14.8 Å². The molecule has 3 rings (SSSR count). The number of hydrogen-bond donors (Lipinski definition) is 2. The maximum Gasteiger partial charge on any atom is 0.343 e. The molecule has 1 aliphatic rings. The molecule has 7 heteroatoms. The number of rotatable bonds is 4. The van der Waals surface area contributed by atoms with E-state index in [0.29, 0.717) is 16.9 Å². The number of esters is 1. The number of carbonyl (C=O) groups excluding carboxylic acids is 3. The molecule has 1 heterocycles. The van der Waals surface area contributed by atoms with E-state index in [2.05, 4.69) is 10.6 Å². The van der Waals surface area contributed by atoms with Crippen molar-refractivity contribution in [3.63, 3.8) is 0 Å². The summed E-state index contributed by atoms with van der Waals surface area (Å²) in [7, 11) is 1.46. The van der Waals surface area contributed by atoms with E-state index >= 15 is 0 Å². The minimum atomic E-state index is -0.583. The average Bonchev–Trinajstić information content (AvgIpc) is 2.93. The first-order valence-corrected chi connectivity index (χ1v) is 7.36. The van der Waals surface area contributed by atoms with Crippen LogP contribution in [0, 0.1) is 0 Å². The van der Waals surface area contributed by atoms with Crippen LogP contribution in [0.25, 0.3) is 6.08 Å². The van der Waals surface area contributed by atoms with E-state index in [1.54, 1.807) is 48.5 Å². The number of urea groups is 1. The molecule has 2 aromatic rings. The van der Waals surface area contributed by atoms with Gasteiger partial charge in [0.05, 0.1) is 12.7 Å². The summed E-state index contributed by atoms with van der Waals surface area (Å²) in [6, 6.07) is 12.8. The molecule has 0 atom stereocenters. The molecule has 0 bridgehead atoms. The Morgan fingerprint density at radius 1 is 1.00 bits per heavy atom. The summed E-state index contributed by atoms with van der Waals surface area (Å²) >= 11 is 0. The predicted octanol–water partition coefficient (Wildman–Crippen LogP) is 2.09. The topological polar surface area (TPSA) is 93.7 Å². The van der Waals surface area contributed by atoms with E-state index in [1.165, 1.54) is 13.2 Å². The van der Waals surface area contributed by atoms with Crippen LogP contribution in [0.4, 0.5) is 4.79 Å². The van der Waals surface area contributed by atoms with Crippen molar-refractivity contribution >= 4 is 24.0 Å². The van der Waals surface area contributed by atoms with Crippen molar-refractivity contribution in [1.29, 1.82) is 0 Å². The summed E-state index contributed by atoms with van der Waals surface area (Å²) in [4.78, 5) is 35.0. The Morgan fingerprint density at radius 3 is 2.40 bits per heavy atom. The minimum absolute atomic E-state index is 0.107. The van der Waals surface area contributed by atoms with E-state index < -0.39 is 17.9 Å². The highest BCUT2D eigenvalue weighted by Crippen LogP contribution is 2.29. The molecule has 3 amide bonds. The number of methoxy groups -OCH3 is 1. The largest absolute Gasteiger partial charge is 0.493 e. The fourth-order valence-electron chi connectivity index (χ4n) is 2.24. The zero-order valence-electron chi connectivity index (χ0n) is 13.2. The van der Waals surface area contributed by atoms with E-state index in [1.807, 2.05) is 0 Å². The van der Waals surface area contributed by atoms with Crippen LogP contribution in [0.15, 0.2) is 54.2 Å². The summed E-state index contributed by atoms with van der Waals surface area (Å²) in [6.45, 7) is 0. The lowest BCUT2D eigenvalue weighted by atomic mass is 10.1. The average molecular weight is 338 g/mol. The highest BCUT2D eigenvalue weighted by Gasteiger charge is 2.23. The third kappa shape index (κ3) is 3.66. The first-order chi connectivity index (χ1) is 12.1. The quantitative estimate of drug-likeness (QED) is 0.385. The Labute approximate surface area is 143 Å². The van der Waals surface area contributed by atoms with Crippen LogP contribution in [-0.2, 0) is 4.79 Å². The van der Waals surface area contributed by atoms with Crippen molar-refractivity contribution in [2.75, 3.05) is 7.11 Å². The van der Waals surface area contributed by atoms with Gasteiger partial charge in [-0.3, -0.25) is 10.1 Å². The molecular weight excluding hydrogens is 324 g/mol. The van der Waals surface area contributed by atoms with Gasteiger partial charge in [-0.05, 0) is 35.9 Å². The minimum Gasteiger partial charge on any atom is -0.493 e. The second-order valence-corrected chi connectivity index (χ2v) is 5.13. The number of benzene rings is 2. The zero-order chi connectivity index (χ0) is 17.8. The molecule has 2 N–H and O–H groups in total. The highest BCUT2D eigenvalue weighted by atomic mass is 16.6. The van der Waals surface area contributed by atoms with Gasteiger partial charge in [-0.1, -0.05) is 24.3 Å². The molecule has 126 valence electrons. The monoisotopic (exact) mass is 338 g/mol. The second-order valence-electron chi connectivity index (χ2n) is 5.13. The van der Waals surface area contributed by atoms with Crippen molar-refractivity contribution in [3.05, 3.63) is 65.4 Å². The maximum atomic E-state index is 12.2. The lowest BCUT2D eigenvalue weighted by Crippen LogP contribution is -2.22. The van der Waals surface area contributed by atoms with Crippen LogP contribution in [0.3, 0.4) is 0 Å². The molecule has 25 heavy (non-hydrogen) atoms. The van der Waals surface area contributed by atoms with Gasteiger partial charge in [0.25, 0.3) is 5.91 Å². The van der Waals surface area contributed by atoms with Gasteiger partial charge in [-0.2, -0.15) is 0 Å². The van der Waals surface area contributed by atoms with Crippen molar-refractivity contribution in [3.8, 4) is 11.5 Å². The normalized spacial score (nSPS) is 14.8. The number of carbonyl (C=O) groups is 3. The van der Waals surface area contributed by atoms with Gasteiger partial charge in [-0.15, -0.1) is 0 Å². The zero-order valence-corrected chi connectivity index (χ0v) is 13.2. The molecule has 7 nitrogen and oxygen atoms in total. The van der Waals surface area contributed by atoms with E-state index in [-0.39, 0.29) is 11.4 Å². The Kier molecular flexibility index (Phi) is 4.47. The van der Waals surface area contributed by atoms with Crippen LogP contribution in [0.1, 0.15) is 15.9 Å². The molecule has 0 spiro atoms. The number of ether oxygens (including phenoxy) is 2. The SMILES string of the molecule is COc1ccc(/C=C2\NC(=O)NC2=O)cc1OC(=O)c1ccccc1. The van der Waals surface area contributed by atoms with Crippen LogP contribution >= 0.6 is 0 Å². The fraction of sp³-hybridized carbons (Fsp3) is 0.0556. The van der Waals surface area contributed by atoms with E-state index in [0.717, 1.165) is 0 Å². The summed E-state index contributed by atoms with van der Waals surface area (Å²) < 4.78 is 10.6. The van der Waals surface area contributed by atoms with Crippen molar-refractivity contribution < 1.29 is 23.9 Å². The Bertz CT molecular complexity index is 874. The molecule has 0 aromatic heterocycles. The maximum absolute atomic E-state index is 12.2. The van der Waals surface area contributed by atoms with Crippen molar-refractivity contribution in [1.82, 2.24) is 10.6 Å². The first-order valence-electron chi connectivity index (χ1n) is 7.36. The smallest absolute Gasteiger partial charge is 0.343 e. The highest BCUT2D eigenvalue weighted by molar-refractivity contribution is 6.14. The molecular formula is C18H14N2O5. The summed E-state index contributed by atoms with van der Waals surface area (Å²) in [5.41, 5.74) is 1.07. The lowest BCUT2D eigenvalue weighted by Gasteiger charge is -2.10. The van der Waals surface area contributed by atoms with Crippen LogP contribution in [0.2, 0.25) is 0 Å². The fourth-order valence-corrected chi connectivity index (χ4v) is 2.24. The standard InChI is InChI=1S/C18H14N2O5/c1-24-14-8-7-11(9-13-16(21)20-18(23)19-13)10-15(14)25-17(22)12-5-3-2-4-6-12/h2-10H,1H3,(H2,19,20,21,23)/b13-9-. The van der Waals surface area contributed by atoms with Crippen molar-refractivity contribution in [2.24, 2.45) is 0 Å². The molecule has 1 saturated heterocycles. The summed E-state index contributed by atoms with van der Waals surface area (Å²) in [5.74, 6) is -0.485. The summed E-state index contributed by atoms with van der Waals surface area (Å²) in [6.07, 6.45) is 1.47. The van der Waals surface area contributed by atoms with Crippen LogP contribution in [-0.4, -0.2) is 25.0 Å². The second kappa shape index (κ2) is 6.88. The van der Waals surface area contributed by atoms with Gasteiger partial charge in [0.1, 0.15) is 5.70 Å². The Balaban J connectivity index is 1.88. The Hall–Kier alpha value is -3.61. The third-order valence-corrected chi connectivity index (χ3v) is 3.43. The molecule has 1 aliphatic heterocycles. The molecule has 2 aromatic carbocycles. The molecule has 1 fully saturated rings. The number of imide groups is 1. The summed E-state index contributed by atoms with van der Waals surface area (Å²) in [5, 5.41) is 4.50. The molecule has 0 radical (unpaired) electrons. The molecule has 0 aliphatic carbocycles. The lowest BCUT2D eigenvalue weighted by molar-refractivity contribution is -0.115. The molecule has 0 unspecified atom stereocenters. The van der Waals surface area contributed by atoms with Crippen LogP contribution < -0.4 is 20.1 Å². The Morgan fingerprint density at radius 2 is 1.76 bits per heavy atom. The van der Waals surface area contributed by atoms with Gasteiger partial charge in [0, 0.05) is 0 Å². The third-order valence-electron chi connectivity index (χ3n) is 3.43. The number of amides is 3. The molecule has 0 saturated carbocycles. The van der Waals surface area contributed by atoms with Crippen molar-refractivity contribution in [2.45, 2.75) is 0 Å². The number of nitrogens with one attached hydrogen (secondary N) is 2. The van der Waals surface area contributed by atoms with Crippen LogP contribution in [0.5, 0.6) is 11.5 Å². The van der Waals surface area contributed by atoms with E-state index in [4.69, 9.17) is 9.47 Å². The predicted molar refractivity (Wildman–Crippen MR) is 89.0 cm³/mol.